The molecule has 0 aromatic carbocycles. The van der Waals surface area contributed by atoms with Gasteiger partial charge in [-0.1, -0.05) is 0 Å². The van der Waals surface area contributed by atoms with Crippen LogP contribution in [0.4, 0.5) is 4.79 Å². The van der Waals surface area contributed by atoms with Crippen LogP contribution in [0.3, 0.4) is 0 Å². The maximum absolute atomic E-state index is 12.1. The number of nitrogens with one attached hydrogen (secondary N) is 2. The highest BCUT2D eigenvalue weighted by Crippen LogP contribution is 2.20. The summed E-state index contributed by atoms with van der Waals surface area (Å²) in [4.78, 5) is 36.3. The monoisotopic (exact) mass is 301 g/mol. The molecule has 3 amide bonds. The van der Waals surface area contributed by atoms with Crippen molar-refractivity contribution in [1.29, 1.82) is 0 Å². The van der Waals surface area contributed by atoms with E-state index in [1.165, 1.54) is 12.0 Å². The molecule has 0 spiro atoms. The number of likely N-dealkylation sites (tertiary alicyclic amines) is 1. The predicted octanol–water partition coefficient (Wildman–Crippen LogP) is -0.217. The molecular formula is C13H23N3O5. The van der Waals surface area contributed by atoms with E-state index in [1.807, 2.05) is 13.8 Å². The second-order valence-corrected chi connectivity index (χ2v) is 5.43. The van der Waals surface area contributed by atoms with Crippen LogP contribution in [0.25, 0.3) is 0 Å². The molecule has 1 saturated heterocycles. The highest BCUT2D eigenvalue weighted by atomic mass is 16.5. The van der Waals surface area contributed by atoms with Gasteiger partial charge in [-0.25, -0.2) is 9.59 Å². The number of urea groups is 1. The minimum absolute atomic E-state index is 0.0340. The third-order valence-electron chi connectivity index (χ3n) is 3.31. The molecule has 1 aliphatic rings. The second kappa shape index (κ2) is 7.26. The Morgan fingerprint density at radius 3 is 2.33 bits per heavy atom. The van der Waals surface area contributed by atoms with Gasteiger partial charge in [0.05, 0.1) is 6.10 Å². The van der Waals surface area contributed by atoms with Gasteiger partial charge in [0, 0.05) is 26.1 Å². The van der Waals surface area contributed by atoms with E-state index in [4.69, 9.17) is 9.84 Å². The zero-order valence-corrected chi connectivity index (χ0v) is 12.8. The molecule has 1 aliphatic heterocycles. The maximum atomic E-state index is 12.1. The lowest BCUT2D eigenvalue weighted by molar-refractivity contribution is -0.141. The number of carboxylic acids is 1. The summed E-state index contributed by atoms with van der Waals surface area (Å²) in [7, 11) is 1.48. The summed E-state index contributed by atoms with van der Waals surface area (Å²) in [6.45, 7) is 5.38. The number of methoxy groups -OCH3 is 1. The van der Waals surface area contributed by atoms with E-state index in [1.54, 1.807) is 6.92 Å². The fourth-order valence-corrected chi connectivity index (χ4v) is 2.17. The summed E-state index contributed by atoms with van der Waals surface area (Å²) in [5, 5.41) is 14.3. The molecule has 1 rings (SSSR count). The molecule has 21 heavy (non-hydrogen) atoms. The number of aliphatic carboxylic acids is 1. The minimum atomic E-state index is -1.08. The number of hydrogen-bond acceptors (Lipinski definition) is 4. The third kappa shape index (κ3) is 4.59. The lowest BCUT2D eigenvalue weighted by atomic mass is 10.2. The van der Waals surface area contributed by atoms with Gasteiger partial charge in [0.15, 0.2) is 0 Å². The Labute approximate surface area is 123 Å². The van der Waals surface area contributed by atoms with E-state index in [9.17, 15) is 14.4 Å². The number of ether oxygens (including phenoxy) is 1. The predicted molar refractivity (Wildman–Crippen MR) is 74.8 cm³/mol. The van der Waals surface area contributed by atoms with Crippen LogP contribution in [-0.4, -0.2) is 65.8 Å². The molecule has 0 aromatic rings. The van der Waals surface area contributed by atoms with Crippen molar-refractivity contribution in [3.63, 3.8) is 0 Å². The smallest absolute Gasteiger partial charge is 0.326 e. The van der Waals surface area contributed by atoms with Gasteiger partial charge < -0.3 is 25.4 Å². The van der Waals surface area contributed by atoms with Crippen molar-refractivity contribution < 1.29 is 24.2 Å². The average molecular weight is 301 g/mol. The zero-order chi connectivity index (χ0) is 16.2. The van der Waals surface area contributed by atoms with Crippen LogP contribution in [0.15, 0.2) is 0 Å². The Bertz CT molecular complexity index is 413. The van der Waals surface area contributed by atoms with Gasteiger partial charge in [0.2, 0.25) is 5.91 Å². The van der Waals surface area contributed by atoms with Gasteiger partial charge in [-0.15, -0.1) is 0 Å². The van der Waals surface area contributed by atoms with E-state index in [0.29, 0.717) is 0 Å². The summed E-state index contributed by atoms with van der Waals surface area (Å²) < 4.78 is 5.11. The van der Waals surface area contributed by atoms with Crippen molar-refractivity contribution in [2.45, 2.75) is 51.4 Å². The summed E-state index contributed by atoms with van der Waals surface area (Å²) in [6, 6.07) is -2.28. The first-order chi connectivity index (χ1) is 9.76. The normalized spacial score (nSPS) is 23.0. The number of carboxylic acid groups (broad SMARTS) is 1. The minimum Gasteiger partial charge on any atom is -0.480 e. The molecule has 8 nitrogen and oxygen atoms in total. The molecule has 0 saturated carbocycles. The number of nitrogens with zero attached hydrogens (tertiary/aromatic N) is 1. The zero-order valence-electron chi connectivity index (χ0n) is 12.8. The molecule has 0 aromatic heterocycles. The van der Waals surface area contributed by atoms with E-state index >= 15 is 0 Å². The molecule has 0 bridgehead atoms. The van der Waals surface area contributed by atoms with Crippen LogP contribution in [-0.2, 0) is 14.3 Å². The molecule has 0 aliphatic carbocycles. The molecule has 3 N–H and O–H groups in total. The van der Waals surface area contributed by atoms with Crippen LogP contribution in [0.5, 0.6) is 0 Å². The van der Waals surface area contributed by atoms with Gasteiger partial charge in [-0.3, -0.25) is 4.79 Å². The van der Waals surface area contributed by atoms with Gasteiger partial charge in [-0.05, 0) is 20.8 Å². The summed E-state index contributed by atoms with van der Waals surface area (Å²) in [5.41, 5.74) is 0. The Balaban J connectivity index is 2.65. The topological polar surface area (TPSA) is 108 Å². The Hall–Kier alpha value is -1.83. The van der Waals surface area contributed by atoms with E-state index in [-0.39, 0.29) is 31.0 Å². The molecule has 8 heteroatoms. The molecule has 120 valence electrons. The molecule has 0 radical (unpaired) electrons. The number of rotatable bonds is 5. The number of carbonyl (C=O) groups excluding carboxylic acids is 2. The Morgan fingerprint density at radius 2 is 1.86 bits per heavy atom. The lowest BCUT2D eigenvalue weighted by Gasteiger charge is -2.24. The highest BCUT2D eigenvalue weighted by molar-refractivity contribution is 5.89. The number of carbonyl (C=O) groups is 3. The average Bonchev–Trinajstić information content (AvgIpc) is 2.82. The van der Waals surface area contributed by atoms with E-state index < -0.39 is 24.1 Å². The van der Waals surface area contributed by atoms with E-state index in [0.717, 1.165) is 0 Å². The molecule has 1 fully saturated rings. The number of amides is 3. The third-order valence-corrected chi connectivity index (χ3v) is 3.31. The van der Waals surface area contributed by atoms with Gasteiger partial charge >= 0.3 is 12.0 Å². The summed E-state index contributed by atoms with van der Waals surface area (Å²) in [6.07, 6.45) is -0.0668. The first kappa shape index (κ1) is 17.2. The van der Waals surface area contributed by atoms with E-state index in [2.05, 4.69) is 10.6 Å². The van der Waals surface area contributed by atoms with Crippen molar-refractivity contribution >= 4 is 17.9 Å². The standard InChI is InChI=1S/C13H23N3O5/c1-7(2)14-11(17)8(3)15-13(20)16-6-9(21-4)5-10(16)12(18)19/h7-10H,5-6H2,1-4H3,(H,14,17)(H,15,20)(H,18,19). The van der Waals surface area contributed by atoms with Crippen molar-refractivity contribution in [2.24, 2.45) is 0 Å². The van der Waals surface area contributed by atoms with Gasteiger partial charge in [0.25, 0.3) is 0 Å². The van der Waals surface area contributed by atoms with Crippen LogP contribution < -0.4 is 10.6 Å². The molecule has 3 unspecified atom stereocenters. The van der Waals surface area contributed by atoms with Crippen LogP contribution in [0.2, 0.25) is 0 Å². The highest BCUT2D eigenvalue weighted by Gasteiger charge is 2.40. The van der Waals surface area contributed by atoms with Crippen molar-refractivity contribution in [3.8, 4) is 0 Å². The summed E-state index contributed by atoms with van der Waals surface area (Å²) in [5.74, 6) is -1.39. The van der Waals surface area contributed by atoms with Crippen molar-refractivity contribution in [1.82, 2.24) is 15.5 Å². The fourth-order valence-electron chi connectivity index (χ4n) is 2.17. The van der Waals surface area contributed by atoms with Crippen LogP contribution in [0.1, 0.15) is 27.2 Å². The Kier molecular flexibility index (Phi) is 5.95. The first-order valence-electron chi connectivity index (χ1n) is 6.89. The lowest BCUT2D eigenvalue weighted by Crippen LogP contribution is -2.53. The SMILES string of the molecule is COC1CC(C(=O)O)N(C(=O)NC(C)C(=O)NC(C)C)C1. The van der Waals surface area contributed by atoms with Gasteiger partial charge in [-0.2, -0.15) is 0 Å². The summed E-state index contributed by atoms with van der Waals surface area (Å²) >= 11 is 0. The second-order valence-electron chi connectivity index (χ2n) is 5.43. The number of hydrogen-bond donors (Lipinski definition) is 3. The maximum Gasteiger partial charge on any atom is 0.326 e. The Morgan fingerprint density at radius 1 is 1.24 bits per heavy atom. The van der Waals surface area contributed by atoms with Crippen LogP contribution >= 0.6 is 0 Å². The van der Waals surface area contributed by atoms with Crippen molar-refractivity contribution in [3.05, 3.63) is 0 Å². The van der Waals surface area contributed by atoms with Crippen molar-refractivity contribution in [2.75, 3.05) is 13.7 Å². The quantitative estimate of drug-likeness (QED) is 0.651. The molecule has 3 atom stereocenters. The van der Waals surface area contributed by atoms with Gasteiger partial charge in [0.1, 0.15) is 12.1 Å². The molecule has 1 heterocycles. The van der Waals surface area contributed by atoms with Crippen LogP contribution in [0, 0.1) is 0 Å². The molecular weight excluding hydrogens is 278 g/mol. The fraction of sp³-hybridized carbons (Fsp3) is 0.769. The largest absolute Gasteiger partial charge is 0.480 e. The first-order valence-corrected chi connectivity index (χ1v) is 6.89.